The summed E-state index contributed by atoms with van der Waals surface area (Å²) in [6.45, 7) is 3.13. The molecule has 2 aliphatic heterocycles. The van der Waals surface area contributed by atoms with Crippen molar-refractivity contribution in [2.75, 3.05) is 7.05 Å². The Kier molecular flexibility index (Phi) is 8.07. The Labute approximate surface area is 232 Å². The number of carbonyl (C=O) groups excluding carboxylic acids is 2. The summed E-state index contributed by atoms with van der Waals surface area (Å²) in [4.78, 5) is 26.8. The van der Waals surface area contributed by atoms with Crippen LogP contribution < -0.4 is 16.4 Å². The zero-order valence-corrected chi connectivity index (χ0v) is 22.6. The molecule has 1 spiro atoms. The highest BCUT2D eigenvalue weighted by atomic mass is 19.4. The van der Waals surface area contributed by atoms with Crippen LogP contribution in [-0.2, 0) is 17.1 Å². The van der Waals surface area contributed by atoms with E-state index < -0.39 is 70.8 Å². The third-order valence-electron chi connectivity index (χ3n) is 8.36. The van der Waals surface area contributed by atoms with Crippen LogP contribution in [0.2, 0.25) is 0 Å². The number of alkyl halides is 6. The number of halogens is 7. The van der Waals surface area contributed by atoms with Crippen molar-refractivity contribution in [1.29, 1.82) is 0 Å². The normalized spacial score (nSPS) is 25.8. The highest BCUT2D eigenvalue weighted by molar-refractivity contribution is 5.80. The van der Waals surface area contributed by atoms with Gasteiger partial charge in [-0.1, -0.05) is 13.0 Å². The third-order valence-corrected chi connectivity index (χ3v) is 8.36. The average Bonchev–Trinajstić information content (AvgIpc) is 3.29. The molecular weight excluding hydrogens is 557 g/mol. The number of nitrogens with two attached hydrogens (primary N) is 1. The van der Waals surface area contributed by atoms with Gasteiger partial charge < -0.3 is 21.3 Å². The minimum Gasteiger partial charge on any atom is -0.368 e. The molecule has 224 valence electrons. The molecule has 4 N–H and O–H groups in total. The standard InChI is InChI=1S/C28H31F7N4O2/c1-14-8-19(29)4-5-20(14)23-13-26(7-6-21(38-26)24(36)40)12-22(39(23)25(41)37-3)15(2)16-9-17(27(30,31)32)11-18(10-16)28(33,34)35/h4-5,8-11,15,21-23,38H,6-7,12-13H2,1-3H3,(H2,36,40)(H,37,41)/t15-,21?,22?,23?,26?/m1/s1. The number of aryl methyl sites for hydroxylation is 1. The molecule has 2 fully saturated rings. The first kappa shape index (κ1) is 30.6. The summed E-state index contributed by atoms with van der Waals surface area (Å²) in [5, 5.41) is 5.79. The summed E-state index contributed by atoms with van der Waals surface area (Å²) in [6, 6.07) is 2.48. The topological polar surface area (TPSA) is 87.5 Å². The zero-order valence-electron chi connectivity index (χ0n) is 22.6. The zero-order chi connectivity index (χ0) is 30.5. The van der Waals surface area contributed by atoms with Crippen LogP contribution in [-0.4, -0.2) is 41.5 Å². The van der Waals surface area contributed by atoms with Crippen LogP contribution in [0.3, 0.4) is 0 Å². The lowest BCUT2D eigenvalue weighted by molar-refractivity contribution is -0.143. The maximum Gasteiger partial charge on any atom is 0.416 e. The molecular formula is C28H31F7N4O2. The Balaban J connectivity index is 1.89. The molecule has 2 saturated heterocycles. The number of likely N-dealkylation sites (tertiary alicyclic amines) is 1. The Bertz CT molecular complexity index is 1300. The quantitative estimate of drug-likeness (QED) is 0.395. The van der Waals surface area contributed by atoms with Crippen LogP contribution in [0.15, 0.2) is 36.4 Å². The fraction of sp³-hybridized carbons (Fsp3) is 0.500. The van der Waals surface area contributed by atoms with E-state index in [-0.39, 0.29) is 24.5 Å². The van der Waals surface area contributed by atoms with E-state index in [9.17, 15) is 40.3 Å². The monoisotopic (exact) mass is 588 g/mol. The van der Waals surface area contributed by atoms with Gasteiger partial charge in [0.15, 0.2) is 0 Å². The lowest BCUT2D eigenvalue weighted by Crippen LogP contribution is -2.61. The molecule has 4 unspecified atom stereocenters. The van der Waals surface area contributed by atoms with Crippen LogP contribution in [0.25, 0.3) is 0 Å². The van der Waals surface area contributed by atoms with Gasteiger partial charge in [-0.2, -0.15) is 26.3 Å². The summed E-state index contributed by atoms with van der Waals surface area (Å²) < 4.78 is 96.2. The van der Waals surface area contributed by atoms with Crippen LogP contribution in [0.4, 0.5) is 35.5 Å². The van der Waals surface area contributed by atoms with Crippen molar-refractivity contribution in [1.82, 2.24) is 15.5 Å². The molecule has 2 aliphatic rings. The second kappa shape index (κ2) is 10.8. The summed E-state index contributed by atoms with van der Waals surface area (Å²) in [6.07, 6.45) is -8.90. The van der Waals surface area contributed by atoms with Gasteiger partial charge in [0.05, 0.1) is 23.2 Å². The number of benzene rings is 2. The van der Waals surface area contributed by atoms with E-state index in [1.807, 2.05) is 0 Å². The molecule has 5 atom stereocenters. The largest absolute Gasteiger partial charge is 0.416 e. The Morgan fingerprint density at radius 3 is 2.15 bits per heavy atom. The molecule has 0 saturated carbocycles. The van der Waals surface area contributed by atoms with E-state index >= 15 is 0 Å². The van der Waals surface area contributed by atoms with Gasteiger partial charge in [-0.05, 0) is 79.6 Å². The highest BCUT2D eigenvalue weighted by Crippen LogP contribution is 2.49. The van der Waals surface area contributed by atoms with Gasteiger partial charge in [-0.25, -0.2) is 9.18 Å². The number of nitrogens with one attached hydrogen (secondary N) is 2. The average molecular weight is 589 g/mol. The van der Waals surface area contributed by atoms with E-state index in [0.717, 1.165) is 0 Å². The number of hydrogen-bond acceptors (Lipinski definition) is 3. The van der Waals surface area contributed by atoms with Gasteiger partial charge >= 0.3 is 18.4 Å². The number of piperidine rings is 1. The van der Waals surface area contributed by atoms with Gasteiger partial charge in [0.25, 0.3) is 0 Å². The number of hydrogen-bond donors (Lipinski definition) is 3. The minimum absolute atomic E-state index is 0.0652. The molecule has 0 aliphatic carbocycles. The van der Waals surface area contributed by atoms with Gasteiger partial charge in [-0.3, -0.25) is 4.79 Å². The smallest absolute Gasteiger partial charge is 0.368 e. The van der Waals surface area contributed by atoms with Crippen LogP contribution in [0, 0.1) is 12.7 Å². The number of urea groups is 1. The van der Waals surface area contributed by atoms with Crippen LogP contribution in [0.1, 0.15) is 72.4 Å². The number of amides is 3. The van der Waals surface area contributed by atoms with E-state index in [0.29, 0.717) is 36.1 Å². The molecule has 0 radical (unpaired) electrons. The fourth-order valence-corrected chi connectivity index (χ4v) is 6.33. The van der Waals surface area contributed by atoms with Crippen molar-refractivity contribution in [3.8, 4) is 0 Å². The lowest BCUT2D eigenvalue weighted by atomic mass is 9.72. The second-order valence-corrected chi connectivity index (χ2v) is 11.0. The van der Waals surface area contributed by atoms with Gasteiger partial charge in [0.1, 0.15) is 5.82 Å². The maximum absolute atomic E-state index is 14.0. The van der Waals surface area contributed by atoms with Gasteiger partial charge in [0, 0.05) is 24.5 Å². The fourth-order valence-electron chi connectivity index (χ4n) is 6.33. The maximum atomic E-state index is 14.0. The molecule has 0 aromatic heterocycles. The lowest BCUT2D eigenvalue weighted by Gasteiger charge is -2.52. The van der Waals surface area contributed by atoms with Gasteiger partial charge in [0.2, 0.25) is 5.91 Å². The minimum atomic E-state index is -5.04. The van der Waals surface area contributed by atoms with E-state index in [4.69, 9.17) is 5.73 Å². The van der Waals surface area contributed by atoms with Crippen molar-refractivity contribution >= 4 is 11.9 Å². The first-order valence-corrected chi connectivity index (χ1v) is 13.1. The second-order valence-electron chi connectivity index (χ2n) is 11.0. The van der Waals surface area contributed by atoms with Crippen LogP contribution >= 0.6 is 0 Å². The number of primary amides is 1. The SMILES string of the molecule is CNC(=O)N1C(c2ccc(F)cc2C)CC2(CCC(C(N)=O)N2)CC1[C@H](C)c1cc(C(F)(F)F)cc(C(F)(F)F)c1. The van der Waals surface area contributed by atoms with Crippen molar-refractivity contribution in [2.45, 2.75) is 81.5 Å². The summed E-state index contributed by atoms with van der Waals surface area (Å²) >= 11 is 0. The van der Waals surface area contributed by atoms with Crippen molar-refractivity contribution in [3.05, 3.63) is 70.0 Å². The molecule has 2 heterocycles. The predicted molar refractivity (Wildman–Crippen MR) is 136 cm³/mol. The number of nitrogens with zero attached hydrogens (tertiary/aromatic N) is 1. The Morgan fingerprint density at radius 2 is 1.66 bits per heavy atom. The van der Waals surface area contributed by atoms with E-state index in [2.05, 4.69) is 10.6 Å². The number of carbonyl (C=O) groups is 2. The molecule has 3 amide bonds. The van der Waals surface area contributed by atoms with Crippen molar-refractivity contribution in [2.24, 2.45) is 5.73 Å². The van der Waals surface area contributed by atoms with E-state index in [1.165, 1.54) is 37.1 Å². The molecule has 0 bridgehead atoms. The molecule has 2 aromatic carbocycles. The molecule has 2 aromatic rings. The first-order valence-electron chi connectivity index (χ1n) is 13.1. The third kappa shape index (κ3) is 6.14. The predicted octanol–water partition coefficient (Wildman–Crippen LogP) is 5.80. The molecule has 41 heavy (non-hydrogen) atoms. The van der Waals surface area contributed by atoms with Crippen molar-refractivity contribution in [3.63, 3.8) is 0 Å². The highest BCUT2D eigenvalue weighted by Gasteiger charge is 2.52. The molecule has 13 heteroatoms. The summed E-state index contributed by atoms with van der Waals surface area (Å²) in [5.41, 5.74) is 2.64. The molecule has 4 rings (SSSR count). The Hall–Kier alpha value is -3.35. The summed E-state index contributed by atoms with van der Waals surface area (Å²) in [7, 11) is 1.37. The van der Waals surface area contributed by atoms with Gasteiger partial charge in [-0.15, -0.1) is 0 Å². The number of rotatable bonds is 4. The van der Waals surface area contributed by atoms with E-state index in [1.54, 1.807) is 6.92 Å². The van der Waals surface area contributed by atoms with Crippen LogP contribution in [0.5, 0.6) is 0 Å². The summed E-state index contributed by atoms with van der Waals surface area (Å²) in [5.74, 6) is -2.11. The Morgan fingerprint density at radius 1 is 1.05 bits per heavy atom. The molecule has 6 nitrogen and oxygen atoms in total. The van der Waals surface area contributed by atoms with Crippen molar-refractivity contribution < 1.29 is 40.3 Å². The first-order chi connectivity index (χ1) is 19.0.